The number of fused-ring (bicyclic) bond motifs is 1. The van der Waals surface area contributed by atoms with Crippen LogP contribution >= 0.6 is 0 Å². The summed E-state index contributed by atoms with van der Waals surface area (Å²) < 4.78 is 12.9. The van der Waals surface area contributed by atoms with Gasteiger partial charge in [-0.15, -0.1) is 0 Å². The molecule has 2 nitrogen and oxygen atoms in total. The number of hydrogen-bond acceptors (Lipinski definition) is 2. The highest BCUT2D eigenvalue weighted by Gasteiger charge is 2.18. The van der Waals surface area contributed by atoms with E-state index in [2.05, 4.69) is 46.3 Å². The van der Waals surface area contributed by atoms with Crippen molar-refractivity contribution in [2.75, 3.05) is 4.90 Å². The Morgan fingerprint density at radius 1 is 0.792 bits per heavy atom. The van der Waals surface area contributed by atoms with Crippen LogP contribution in [0.15, 0.2) is 77.8 Å². The van der Waals surface area contributed by atoms with Gasteiger partial charge >= 0.3 is 0 Å². The summed E-state index contributed by atoms with van der Waals surface area (Å²) in [6.45, 7) is 1.91. The molecule has 0 spiro atoms. The SMILES string of the molecule is Fc1ccc(C=Nc2ccc(N3Cc4ccccc4C3)cc2)cc1. The molecule has 1 heterocycles. The summed E-state index contributed by atoms with van der Waals surface area (Å²) in [4.78, 5) is 6.81. The van der Waals surface area contributed by atoms with Crippen LogP contribution in [0, 0.1) is 5.82 Å². The first-order chi connectivity index (χ1) is 11.8. The van der Waals surface area contributed by atoms with Crippen LogP contribution in [0.2, 0.25) is 0 Å². The second-order valence-corrected chi connectivity index (χ2v) is 5.95. The second kappa shape index (κ2) is 6.28. The summed E-state index contributed by atoms with van der Waals surface area (Å²) in [6, 6.07) is 23.1. The molecule has 0 aromatic heterocycles. The Labute approximate surface area is 140 Å². The molecular weight excluding hydrogens is 299 g/mol. The van der Waals surface area contributed by atoms with Crippen LogP contribution in [0.1, 0.15) is 16.7 Å². The van der Waals surface area contributed by atoms with E-state index in [0.717, 1.165) is 24.3 Å². The third-order valence-electron chi connectivity index (χ3n) is 4.29. The first-order valence-corrected chi connectivity index (χ1v) is 7.99. The first-order valence-electron chi connectivity index (χ1n) is 7.99. The lowest BCUT2D eigenvalue weighted by Gasteiger charge is -2.17. The van der Waals surface area contributed by atoms with E-state index in [-0.39, 0.29) is 5.82 Å². The normalized spacial score (nSPS) is 13.5. The van der Waals surface area contributed by atoms with Crippen molar-refractivity contribution in [1.82, 2.24) is 0 Å². The van der Waals surface area contributed by atoms with Gasteiger partial charge in [0.2, 0.25) is 0 Å². The van der Waals surface area contributed by atoms with E-state index in [9.17, 15) is 4.39 Å². The van der Waals surface area contributed by atoms with Crippen molar-refractivity contribution in [1.29, 1.82) is 0 Å². The van der Waals surface area contributed by atoms with Gasteiger partial charge < -0.3 is 4.90 Å². The summed E-state index contributed by atoms with van der Waals surface area (Å²) in [7, 11) is 0. The minimum absolute atomic E-state index is 0.233. The third kappa shape index (κ3) is 3.06. The van der Waals surface area contributed by atoms with Crippen molar-refractivity contribution in [3.05, 3.63) is 95.3 Å². The number of halogens is 1. The van der Waals surface area contributed by atoms with Crippen LogP contribution in [0.3, 0.4) is 0 Å². The number of rotatable bonds is 3. The fourth-order valence-corrected chi connectivity index (χ4v) is 2.96. The monoisotopic (exact) mass is 316 g/mol. The highest BCUT2D eigenvalue weighted by Crippen LogP contribution is 2.29. The van der Waals surface area contributed by atoms with Gasteiger partial charge in [0.25, 0.3) is 0 Å². The third-order valence-corrected chi connectivity index (χ3v) is 4.29. The molecule has 0 atom stereocenters. The zero-order valence-electron chi connectivity index (χ0n) is 13.2. The molecule has 24 heavy (non-hydrogen) atoms. The number of benzene rings is 3. The molecule has 0 amide bonds. The van der Waals surface area contributed by atoms with Gasteiger partial charge in [-0.05, 0) is 53.1 Å². The molecule has 0 radical (unpaired) electrons. The summed E-state index contributed by atoms with van der Waals surface area (Å²) in [5.74, 6) is -0.233. The van der Waals surface area contributed by atoms with E-state index >= 15 is 0 Å². The number of hydrogen-bond donors (Lipinski definition) is 0. The summed E-state index contributed by atoms with van der Waals surface area (Å²) in [6.07, 6.45) is 1.75. The molecule has 0 unspecified atom stereocenters. The van der Waals surface area contributed by atoms with E-state index in [1.807, 2.05) is 12.1 Å². The van der Waals surface area contributed by atoms with Crippen LogP contribution in [-0.2, 0) is 13.1 Å². The van der Waals surface area contributed by atoms with E-state index in [4.69, 9.17) is 0 Å². The molecule has 0 fully saturated rings. The number of aliphatic imine (C=N–C) groups is 1. The summed E-state index contributed by atoms with van der Waals surface area (Å²) in [5.41, 5.74) is 5.77. The predicted octanol–water partition coefficient (Wildman–Crippen LogP) is 5.10. The summed E-state index contributed by atoms with van der Waals surface area (Å²) in [5, 5.41) is 0. The maximum atomic E-state index is 12.9. The van der Waals surface area contributed by atoms with Crippen LogP contribution in [0.4, 0.5) is 15.8 Å². The van der Waals surface area contributed by atoms with Gasteiger partial charge in [-0.3, -0.25) is 4.99 Å². The van der Waals surface area contributed by atoms with Gasteiger partial charge in [0.05, 0.1) is 5.69 Å². The summed E-state index contributed by atoms with van der Waals surface area (Å²) >= 11 is 0. The van der Waals surface area contributed by atoms with Crippen LogP contribution < -0.4 is 4.90 Å². The predicted molar refractivity (Wildman–Crippen MR) is 96.4 cm³/mol. The van der Waals surface area contributed by atoms with E-state index < -0.39 is 0 Å². The molecule has 1 aliphatic heterocycles. The van der Waals surface area contributed by atoms with Gasteiger partial charge in [0, 0.05) is 25.0 Å². The van der Waals surface area contributed by atoms with Crippen molar-refractivity contribution >= 4 is 17.6 Å². The van der Waals surface area contributed by atoms with E-state index in [1.54, 1.807) is 18.3 Å². The molecule has 118 valence electrons. The molecule has 3 aromatic rings. The van der Waals surface area contributed by atoms with Gasteiger partial charge in [-0.1, -0.05) is 36.4 Å². The molecular formula is C21H17FN2. The topological polar surface area (TPSA) is 15.6 Å². The fourth-order valence-electron chi connectivity index (χ4n) is 2.96. The molecule has 0 saturated heterocycles. The average Bonchev–Trinajstić information content (AvgIpc) is 3.06. The van der Waals surface area contributed by atoms with Crippen LogP contribution in [-0.4, -0.2) is 6.21 Å². The smallest absolute Gasteiger partial charge is 0.123 e. The maximum Gasteiger partial charge on any atom is 0.123 e. The number of nitrogens with zero attached hydrogens (tertiary/aromatic N) is 2. The first kappa shape index (κ1) is 14.6. The van der Waals surface area contributed by atoms with Crippen molar-refractivity contribution in [3.8, 4) is 0 Å². The average molecular weight is 316 g/mol. The van der Waals surface area contributed by atoms with E-state index in [0.29, 0.717) is 0 Å². The quantitative estimate of drug-likeness (QED) is 0.614. The second-order valence-electron chi connectivity index (χ2n) is 5.95. The Bertz CT molecular complexity index is 842. The Balaban J connectivity index is 1.46. The Morgan fingerprint density at radius 3 is 2.04 bits per heavy atom. The molecule has 1 aliphatic rings. The lowest BCUT2D eigenvalue weighted by atomic mass is 10.1. The van der Waals surface area contributed by atoms with Crippen LogP contribution in [0.5, 0.6) is 0 Å². The van der Waals surface area contributed by atoms with Crippen molar-refractivity contribution in [2.45, 2.75) is 13.1 Å². The molecule has 0 aliphatic carbocycles. The number of anilines is 1. The Kier molecular flexibility index (Phi) is 3.83. The van der Waals surface area contributed by atoms with Gasteiger partial charge in [0.1, 0.15) is 5.82 Å². The van der Waals surface area contributed by atoms with Crippen molar-refractivity contribution in [3.63, 3.8) is 0 Å². The van der Waals surface area contributed by atoms with E-state index in [1.165, 1.54) is 28.9 Å². The Morgan fingerprint density at radius 2 is 1.42 bits per heavy atom. The minimum atomic E-state index is -0.233. The zero-order valence-corrected chi connectivity index (χ0v) is 13.2. The minimum Gasteiger partial charge on any atom is -0.363 e. The standard InChI is InChI=1S/C21H17FN2/c22-19-7-5-16(6-8-19)13-23-20-9-11-21(12-10-20)24-14-17-3-1-2-4-18(17)15-24/h1-13H,14-15H2. The van der Waals surface area contributed by atoms with Gasteiger partial charge in [-0.2, -0.15) is 0 Å². The van der Waals surface area contributed by atoms with Crippen molar-refractivity contribution < 1.29 is 4.39 Å². The molecule has 3 aromatic carbocycles. The molecule has 4 rings (SSSR count). The highest BCUT2D eigenvalue weighted by molar-refractivity contribution is 5.81. The largest absolute Gasteiger partial charge is 0.363 e. The van der Waals surface area contributed by atoms with Gasteiger partial charge in [0.15, 0.2) is 0 Å². The lowest BCUT2D eigenvalue weighted by Crippen LogP contribution is -2.13. The highest BCUT2D eigenvalue weighted by atomic mass is 19.1. The molecule has 3 heteroatoms. The maximum absolute atomic E-state index is 12.9. The zero-order chi connectivity index (χ0) is 16.4. The van der Waals surface area contributed by atoms with Gasteiger partial charge in [-0.25, -0.2) is 4.39 Å². The van der Waals surface area contributed by atoms with Crippen molar-refractivity contribution in [2.24, 2.45) is 4.99 Å². The van der Waals surface area contributed by atoms with Crippen LogP contribution in [0.25, 0.3) is 0 Å². The fraction of sp³-hybridized carbons (Fsp3) is 0.0952. The molecule has 0 bridgehead atoms. The molecule has 0 saturated carbocycles. The lowest BCUT2D eigenvalue weighted by molar-refractivity contribution is 0.628. The Hall–Kier alpha value is -2.94. The molecule has 0 N–H and O–H groups in total.